The number of hydrogen-bond donors (Lipinski definition) is 2. The smallest absolute Gasteiger partial charge is 0.182 e. The van der Waals surface area contributed by atoms with Crippen molar-refractivity contribution < 1.29 is 8.42 Å². The summed E-state index contributed by atoms with van der Waals surface area (Å²) in [5.74, 6) is 0.769. The fourth-order valence-corrected chi connectivity index (χ4v) is 3.12. The standard InChI is InChI=1S/C12H16N6O2S/c1-21(19,20)10-11(13)18(9-5-6-14-7-15-9)17-12(10)16-8-3-2-4-8/h5-8H,2-4,13H2,1H3,(H,16,17). The summed E-state index contributed by atoms with van der Waals surface area (Å²) >= 11 is 0. The Morgan fingerprint density at radius 3 is 2.71 bits per heavy atom. The van der Waals surface area contributed by atoms with Gasteiger partial charge >= 0.3 is 0 Å². The summed E-state index contributed by atoms with van der Waals surface area (Å²) < 4.78 is 25.3. The van der Waals surface area contributed by atoms with Crippen LogP contribution in [0.5, 0.6) is 0 Å². The van der Waals surface area contributed by atoms with Crippen LogP contribution in [0.3, 0.4) is 0 Å². The van der Waals surface area contributed by atoms with Crippen LogP contribution in [0.4, 0.5) is 11.6 Å². The molecule has 8 nitrogen and oxygen atoms in total. The van der Waals surface area contributed by atoms with Crippen LogP contribution in [-0.2, 0) is 9.84 Å². The number of sulfone groups is 1. The monoisotopic (exact) mass is 308 g/mol. The number of aromatic nitrogens is 4. The van der Waals surface area contributed by atoms with Gasteiger partial charge < -0.3 is 11.1 Å². The Bertz CT molecular complexity index is 752. The third-order valence-electron chi connectivity index (χ3n) is 3.48. The van der Waals surface area contributed by atoms with Gasteiger partial charge in [0, 0.05) is 24.6 Å². The van der Waals surface area contributed by atoms with Crippen molar-refractivity contribution in [3.63, 3.8) is 0 Å². The van der Waals surface area contributed by atoms with Gasteiger partial charge in [-0.1, -0.05) is 0 Å². The first-order chi connectivity index (χ1) is 9.97. The largest absolute Gasteiger partial charge is 0.382 e. The van der Waals surface area contributed by atoms with E-state index in [0.717, 1.165) is 25.5 Å². The molecule has 112 valence electrons. The number of nitrogens with zero attached hydrogens (tertiary/aromatic N) is 4. The van der Waals surface area contributed by atoms with Gasteiger partial charge in [-0.25, -0.2) is 18.4 Å². The van der Waals surface area contributed by atoms with Crippen LogP contribution >= 0.6 is 0 Å². The van der Waals surface area contributed by atoms with Crippen LogP contribution in [0.2, 0.25) is 0 Å². The molecule has 2 aromatic heterocycles. The molecule has 1 saturated carbocycles. The van der Waals surface area contributed by atoms with E-state index in [1.54, 1.807) is 12.3 Å². The molecule has 0 aliphatic heterocycles. The molecule has 0 radical (unpaired) electrons. The fourth-order valence-electron chi connectivity index (χ4n) is 2.21. The molecule has 0 unspecified atom stereocenters. The molecule has 0 spiro atoms. The van der Waals surface area contributed by atoms with Crippen LogP contribution in [-0.4, -0.2) is 40.5 Å². The van der Waals surface area contributed by atoms with Crippen LogP contribution < -0.4 is 11.1 Å². The number of nitrogens with two attached hydrogens (primary N) is 1. The van der Waals surface area contributed by atoms with Crippen molar-refractivity contribution in [2.24, 2.45) is 0 Å². The fraction of sp³-hybridized carbons (Fsp3) is 0.417. The molecule has 3 rings (SSSR count). The first-order valence-electron chi connectivity index (χ1n) is 6.58. The van der Waals surface area contributed by atoms with Gasteiger partial charge in [0.25, 0.3) is 0 Å². The van der Waals surface area contributed by atoms with E-state index in [0.29, 0.717) is 11.6 Å². The highest BCUT2D eigenvalue weighted by molar-refractivity contribution is 7.91. The maximum absolute atomic E-state index is 12.0. The third-order valence-corrected chi connectivity index (χ3v) is 4.62. The van der Waals surface area contributed by atoms with Crippen molar-refractivity contribution in [2.45, 2.75) is 30.2 Å². The topological polar surface area (TPSA) is 116 Å². The van der Waals surface area contributed by atoms with Crippen molar-refractivity contribution in [1.82, 2.24) is 19.7 Å². The van der Waals surface area contributed by atoms with Crippen molar-refractivity contribution in [3.8, 4) is 5.82 Å². The Balaban J connectivity index is 2.10. The van der Waals surface area contributed by atoms with Crippen LogP contribution in [0.15, 0.2) is 23.5 Å². The molecule has 2 aromatic rings. The van der Waals surface area contributed by atoms with Crippen molar-refractivity contribution >= 4 is 21.5 Å². The molecule has 9 heteroatoms. The summed E-state index contributed by atoms with van der Waals surface area (Å²) in [4.78, 5) is 7.89. The molecule has 0 saturated heterocycles. The van der Waals surface area contributed by atoms with E-state index in [9.17, 15) is 8.42 Å². The van der Waals surface area contributed by atoms with E-state index in [1.165, 1.54) is 11.0 Å². The molecule has 1 aliphatic carbocycles. The zero-order valence-corrected chi connectivity index (χ0v) is 12.3. The van der Waals surface area contributed by atoms with E-state index in [-0.39, 0.29) is 16.8 Å². The number of anilines is 2. The summed E-state index contributed by atoms with van der Waals surface area (Å²) in [6, 6.07) is 1.86. The predicted octanol–water partition coefficient (Wildman–Crippen LogP) is 0.612. The molecular weight excluding hydrogens is 292 g/mol. The maximum atomic E-state index is 12.0. The average molecular weight is 308 g/mol. The Labute approximate surface area is 122 Å². The molecule has 0 aromatic carbocycles. The van der Waals surface area contributed by atoms with Gasteiger partial charge in [-0.15, -0.1) is 5.10 Å². The molecule has 0 amide bonds. The Morgan fingerprint density at radius 2 is 2.19 bits per heavy atom. The molecule has 0 bridgehead atoms. The lowest BCUT2D eigenvalue weighted by Crippen LogP contribution is -2.28. The minimum atomic E-state index is -3.50. The van der Waals surface area contributed by atoms with Crippen molar-refractivity contribution in [1.29, 1.82) is 0 Å². The summed E-state index contributed by atoms with van der Waals surface area (Å²) in [7, 11) is -3.50. The Kier molecular flexibility index (Phi) is 3.28. The van der Waals surface area contributed by atoms with Crippen LogP contribution in [0, 0.1) is 0 Å². The molecule has 0 atom stereocenters. The van der Waals surface area contributed by atoms with E-state index in [2.05, 4.69) is 20.4 Å². The molecule has 2 heterocycles. The van der Waals surface area contributed by atoms with Crippen LogP contribution in [0.25, 0.3) is 5.82 Å². The van der Waals surface area contributed by atoms with Gasteiger partial charge in [-0.3, -0.25) is 0 Å². The number of hydrogen-bond acceptors (Lipinski definition) is 7. The highest BCUT2D eigenvalue weighted by Gasteiger charge is 2.28. The predicted molar refractivity (Wildman–Crippen MR) is 77.9 cm³/mol. The number of nitrogen functional groups attached to an aromatic ring is 1. The minimum Gasteiger partial charge on any atom is -0.382 e. The summed E-state index contributed by atoms with van der Waals surface area (Å²) in [5, 5.41) is 7.43. The molecule has 3 N–H and O–H groups in total. The molecule has 1 fully saturated rings. The molecule has 1 aliphatic rings. The van der Waals surface area contributed by atoms with Crippen LogP contribution in [0.1, 0.15) is 19.3 Å². The SMILES string of the molecule is CS(=O)(=O)c1c(NC2CCC2)nn(-c2ccncn2)c1N. The summed E-state index contributed by atoms with van der Waals surface area (Å²) in [6.45, 7) is 0. The first kappa shape index (κ1) is 13.8. The van der Waals surface area contributed by atoms with Gasteiger partial charge in [0.15, 0.2) is 26.4 Å². The van der Waals surface area contributed by atoms with Gasteiger partial charge in [-0.2, -0.15) is 4.68 Å². The lowest BCUT2D eigenvalue weighted by molar-refractivity contribution is 0.443. The first-order valence-corrected chi connectivity index (χ1v) is 8.47. The van der Waals surface area contributed by atoms with Crippen molar-refractivity contribution in [2.75, 3.05) is 17.3 Å². The van der Waals surface area contributed by atoms with Gasteiger partial charge in [-0.05, 0) is 19.3 Å². The lowest BCUT2D eigenvalue weighted by atomic mass is 9.93. The second-order valence-electron chi connectivity index (χ2n) is 5.09. The van der Waals surface area contributed by atoms with Gasteiger partial charge in [0.2, 0.25) is 0 Å². The maximum Gasteiger partial charge on any atom is 0.182 e. The van der Waals surface area contributed by atoms with E-state index < -0.39 is 9.84 Å². The summed E-state index contributed by atoms with van der Waals surface area (Å²) in [6.07, 6.45) is 7.16. The third kappa shape index (κ3) is 2.56. The second-order valence-corrected chi connectivity index (χ2v) is 7.04. The van der Waals surface area contributed by atoms with Crippen molar-refractivity contribution in [3.05, 3.63) is 18.6 Å². The second kappa shape index (κ2) is 4.99. The average Bonchev–Trinajstić information content (AvgIpc) is 2.72. The number of rotatable bonds is 4. The minimum absolute atomic E-state index is 0.0213. The number of nitrogens with one attached hydrogen (secondary N) is 1. The normalized spacial score (nSPS) is 15.7. The Hall–Kier alpha value is -2.16. The highest BCUT2D eigenvalue weighted by Crippen LogP contribution is 2.32. The Morgan fingerprint density at radius 1 is 1.43 bits per heavy atom. The summed E-state index contributed by atoms with van der Waals surface area (Å²) in [5.41, 5.74) is 5.98. The molecule has 21 heavy (non-hydrogen) atoms. The zero-order chi connectivity index (χ0) is 15.0. The van der Waals surface area contributed by atoms with E-state index in [4.69, 9.17) is 5.73 Å². The zero-order valence-electron chi connectivity index (χ0n) is 11.5. The van der Waals surface area contributed by atoms with Gasteiger partial charge in [0.05, 0.1) is 0 Å². The highest BCUT2D eigenvalue weighted by atomic mass is 32.2. The quantitative estimate of drug-likeness (QED) is 0.850. The van der Waals surface area contributed by atoms with Gasteiger partial charge in [0.1, 0.15) is 12.1 Å². The van der Waals surface area contributed by atoms with E-state index >= 15 is 0 Å². The van der Waals surface area contributed by atoms with E-state index in [1.807, 2.05) is 0 Å². The lowest BCUT2D eigenvalue weighted by Gasteiger charge is -2.26. The molecular formula is C12H16N6O2S.